The van der Waals surface area contributed by atoms with Crippen LogP contribution in [0, 0.1) is 6.92 Å². The first-order chi connectivity index (χ1) is 14.6. The van der Waals surface area contributed by atoms with Crippen molar-refractivity contribution in [1.82, 2.24) is 20.1 Å². The number of nitrogens with zero attached hydrogens (tertiary/aromatic N) is 2. The predicted octanol–water partition coefficient (Wildman–Crippen LogP) is 3.12. The molecule has 2 heterocycles. The second-order valence-electron chi connectivity index (χ2n) is 7.81. The first kappa shape index (κ1) is 20.0. The molecule has 2 aromatic carbocycles. The topological polar surface area (TPSA) is 68.4 Å². The summed E-state index contributed by atoms with van der Waals surface area (Å²) in [6.07, 6.45) is 3.12. The van der Waals surface area contributed by atoms with Crippen LogP contribution in [0.2, 0.25) is 0 Å². The Morgan fingerprint density at radius 2 is 1.63 bits per heavy atom. The minimum Gasteiger partial charge on any atom is -0.361 e. The van der Waals surface area contributed by atoms with Gasteiger partial charge in [-0.05, 0) is 36.1 Å². The Labute approximate surface area is 176 Å². The number of amides is 3. The maximum Gasteiger partial charge on any atom is 0.317 e. The van der Waals surface area contributed by atoms with Gasteiger partial charge in [0.1, 0.15) is 0 Å². The summed E-state index contributed by atoms with van der Waals surface area (Å²) in [6.45, 7) is 4.98. The van der Waals surface area contributed by atoms with Crippen molar-refractivity contribution < 1.29 is 9.59 Å². The van der Waals surface area contributed by atoms with Crippen molar-refractivity contribution in [3.8, 4) is 0 Å². The number of carbonyl (C=O) groups is 2. The molecule has 0 spiro atoms. The summed E-state index contributed by atoms with van der Waals surface area (Å²) < 4.78 is 0. The number of hydrogen-bond acceptors (Lipinski definition) is 2. The van der Waals surface area contributed by atoms with Crippen LogP contribution < -0.4 is 5.32 Å². The average molecular weight is 405 g/mol. The third-order valence-electron chi connectivity index (χ3n) is 5.87. The number of benzene rings is 2. The van der Waals surface area contributed by atoms with Crippen LogP contribution in [0.1, 0.15) is 16.7 Å². The fourth-order valence-corrected chi connectivity index (χ4v) is 4.02. The van der Waals surface area contributed by atoms with E-state index in [1.807, 2.05) is 47.5 Å². The van der Waals surface area contributed by atoms with Gasteiger partial charge in [0.15, 0.2) is 0 Å². The van der Waals surface area contributed by atoms with E-state index >= 15 is 0 Å². The van der Waals surface area contributed by atoms with Gasteiger partial charge in [0.2, 0.25) is 5.91 Å². The van der Waals surface area contributed by atoms with E-state index in [0.29, 0.717) is 39.1 Å². The number of para-hydroxylation sites is 1. The molecule has 2 N–H and O–H groups in total. The van der Waals surface area contributed by atoms with Crippen LogP contribution >= 0.6 is 0 Å². The highest BCUT2D eigenvalue weighted by Crippen LogP contribution is 2.19. The van der Waals surface area contributed by atoms with Crippen LogP contribution in [0.5, 0.6) is 0 Å². The molecule has 1 aliphatic heterocycles. The monoisotopic (exact) mass is 404 g/mol. The van der Waals surface area contributed by atoms with Gasteiger partial charge in [0, 0.05) is 49.8 Å². The molecule has 3 amide bonds. The van der Waals surface area contributed by atoms with Crippen LogP contribution in [-0.4, -0.2) is 59.4 Å². The van der Waals surface area contributed by atoms with Crippen LogP contribution in [0.3, 0.4) is 0 Å². The number of piperazine rings is 1. The van der Waals surface area contributed by atoms with Crippen LogP contribution in [0.25, 0.3) is 10.9 Å². The highest BCUT2D eigenvalue weighted by Gasteiger charge is 2.24. The molecule has 30 heavy (non-hydrogen) atoms. The van der Waals surface area contributed by atoms with Gasteiger partial charge in [-0.3, -0.25) is 4.79 Å². The van der Waals surface area contributed by atoms with Crippen LogP contribution in [0.15, 0.2) is 54.7 Å². The molecular formula is C24H28N4O2. The normalized spacial score (nSPS) is 14.2. The van der Waals surface area contributed by atoms with Crippen molar-refractivity contribution in [2.24, 2.45) is 0 Å². The molecule has 0 aliphatic carbocycles. The van der Waals surface area contributed by atoms with Gasteiger partial charge >= 0.3 is 6.03 Å². The Bertz CT molecular complexity index is 1030. The zero-order valence-corrected chi connectivity index (χ0v) is 17.4. The molecule has 1 fully saturated rings. The number of rotatable bonds is 5. The Morgan fingerprint density at radius 3 is 2.43 bits per heavy atom. The molecule has 0 bridgehead atoms. The van der Waals surface area contributed by atoms with E-state index in [1.54, 1.807) is 4.90 Å². The lowest BCUT2D eigenvalue weighted by molar-refractivity contribution is -0.131. The SMILES string of the molecule is Cc1ccccc1CCNC(=O)N1CCN(C(=O)Cc2c[nH]c3ccccc23)CC1. The molecule has 6 heteroatoms. The molecule has 0 atom stereocenters. The van der Waals surface area contributed by atoms with E-state index in [-0.39, 0.29) is 11.9 Å². The number of carbonyl (C=O) groups excluding carboxylic acids is 2. The van der Waals surface area contributed by atoms with Gasteiger partial charge in [0.25, 0.3) is 0 Å². The number of urea groups is 1. The van der Waals surface area contributed by atoms with Crippen LogP contribution in [0.4, 0.5) is 4.79 Å². The number of aryl methyl sites for hydroxylation is 1. The molecule has 1 aliphatic rings. The van der Waals surface area contributed by atoms with E-state index in [9.17, 15) is 9.59 Å². The molecule has 156 valence electrons. The molecule has 0 saturated carbocycles. The summed E-state index contributed by atoms with van der Waals surface area (Å²) >= 11 is 0. The fourth-order valence-electron chi connectivity index (χ4n) is 4.02. The first-order valence-corrected chi connectivity index (χ1v) is 10.5. The summed E-state index contributed by atoms with van der Waals surface area (Å²) in [7, 11) is 0. The van der Waals surface area contributed by atoms with Gasteiger partial charge in [-0.25, -0.2) is 4.79 Å². The number of H-pyrrole nitrogens is 1. The van der Waals surface area contributed by atoms with Crippen molar-refractivity contribution in [1.29, 1.82) is 0 Å². The number of aromatic amines is 1. The van der Waals surface area contributed by atoms with Crippen molar-refractivity contribution in [3.05, 3.63) is 71.4 Å². The van der Waals surface area contributed by atoms with E-state index in [4.69, 9.17) is 0 Å². The molecule has 0 unspecified atom stereocenters. The molecular weight excluding hydrogens is 376 g/mol. The highest BCUT2D eigenvalue weighted by molar-refractivity contribution is 5.89. The quantitative estimate of drug-likeness (QED) is 0.686. The third kappa shape index (κ3) is 4.48. The molecule has 1 aromatic heterocycles. The van der Waals surface area contributed by atoms with Gasteiger partial charge in [-0.1, -0.05) is 42.5 Å². The number of hydrogen-bond donors (Lipinski definition) is 2. The van der Waals surface area contributed by atoms with Gasteiger partial charge < -0.3 is 20.1 Å². The maximum absolute atomic E-state index is 12.7. The van der Waals surface area contributed by atoms with Gasteiger partial charge in [-0.15, -0.1) is 0 Å². The lowest BCUT2D eigenvalue weighted by atomic mass is 10.1. The third-order valence-corrected chi connectivity index (χ3v) is 5.87. The Kier molecular flexibility index (Phi) is 6.02. The number of nitrogens with one attached hydrogen (secondary N) is 2. The Balaban J connectivity index is 1.23. The number of fused-ring (bicyclic) bond motifs is 1. The first-order valence-electron chi connectivity index (χ1n) is 10.5. The molecule has 1 saturated heterocycles. The van der Waals surface area contributed by atoms with Gasteiger partial charge in [-0.2, -0.15) is 0 Å². The summed E-state index contributed by atoms with van der Waals surface area (Å²) in [5.41, 5.74) is 4.57. The smallest absolute Gasteiger partial charge is 0.317 e. The molecule has 0 radical (unpaired) electrons. The molecule has 6 nitrogen and oxygen atoms in total. The molecule has 4 rings (SSSR count). The fraction of sp³-hybridized carbons (Fsp3) is 0.333. The van der Waals surface area contributed by atoms with Crippen LogP contribution in [-0.2, 0) is 17.6 Å². The summed E-state index contributed by atoms with van der Waals surface area (Å²) in [6, 6.07) is 16.2. The second kappa shape index (κ2) is 9.03. The lowest BCUT2D eigenvalue weighted by Gasteiger charge is -2.34. The second-order valence-corrected chi connectivity index (χ2v) is 7.81. The minimum absolute atomic E-state index is 0.0488. The van der Waals surface area contributed by atoms with Gasteiger partial charge in [0.05, 0.1) is 6.42 Å². The van der Waals surface area contributed by atoms with E-state index in [0.717, 1.165) is 22.9 Å². The van der Waals surface area contributed by atoms with E-state index in [2.05, 4.69) is 29.4 Å². The molecule has 3 aromatic rings. The summed E-state index contributed by atoms with van der Waals surface area (Å²) in [5, 5.41) is 4.10. The van der Waals surface area contributed by atoms with Crippen molar-refractivity contribution in [2.75, 3.05) is 32.7 Å². The summed E-state index contributed by atoms with van der Waals surface area (Å²) in [4.78, 5) is 32.1. The maximum atomic E-state index is 12.7. The number of aromatic nitrogens is 1. The lowest BCUT2D eigenvalue weighted by Crippen LogP contribution is -2.53. The van der Waals surface area contributed by atoms with Crippen molar-refractivity contribution >= 4 is 22.8 Å². The van der Waals surface area contributed by atoms with E-state index in [1.165, 1.54) is 11.1 Å². The zero-order chi connectivity index (χ0) is 20.9. The standard InChI is InChI=1S/C24H28N4O2/c1-18-6-2-3-7-19(18)10-11-25-24(30)28-14-12-27(13-15-28)23(29)16-20-17-26-22-9-5-4-8-21(20)22/h2-9,17,26H,10-16H2,1H3,(H,25,30). The Hall–Kier alpha value is -3.28. The Morgan fingerprint density at radius 1 is 0.933 bits per heavy atom. The summed E-state index contributed by atoms with van der Waals surface area (Å²) in [5.74, 6) is 0.111. The van der Waals surface area contributed by atoms with E-state index < -0.39 is 0 Å². The van der Waals surface area contributed by atoms with Crippen molar-refractivity contribution in [3.63, 3.8) is 0 Å². The average Bonchev–Trinajstić information content (AvgIpc) is 3.18. The highest BCUT2D eigenvalue weighted by atomic mass is 16.2. The zero-order valence-electron chi connectivity index (χ0n) is 17.4. The predicted molar refractivity (Wildman–Crippen MR) is 118 cm³/mol. The van der Waals surface area contributed by atoms with Crippen molar-refractivity contribution in [2.45, 2.75) is 19.8 Å². The minimum atomic E-state index is -0.0488. The largest absolute Gasteiger partial charge is 0.361 e.